The van der Waals surface area contributed by atoms with Gasteiger partial charge in [0.2, 0.25) is 0 Å². The average molecular weight is 281 g/mol. The Morgan fingerprint density at radius 2 is 1.25 bits per heavy atom. The molecule has 0 aromatic heterocycles. The molecule has 0 saturated heterocycles. The molecule has 3 nitrogen and oxygen atoms in total. The Morgan fingerprint density at radius 3 is 1.25 bits per heavy atom. The zero-order valence-electron chi connectivity index (χ0n) is 7.78. The van der Waals surface area contributed by atoms with Crippen molar-refractivity contribution in [2.75, 3.05) is 18.5 Å². The summed E-state index contributed by atoms with van der Waals surface area (Å²) in [5.74, 6) is 0. The molecule has 0 aromatic rings. The Morgan fingerprint density at radius 1 is 1.08 bits per heavy atom. The summed E-state index contributed by atoms with van der Waals surface area (Å²) in [7, 11) is -2.68. The Kier molecular flexibility index (Phi) is 22.8. The molecule has 0 aliphatic rings. The number of halogens is 1. The standard InChI is InChI=1S/C6H15P.BrH.H3O3P/c1-4-7(5-2)6-3;;1-4(2)3/h4-6H2,1-3H3;1H;4H,(H2,1,2,3). The van der Waals surface area contributed by atoms with E-state index in [-0.39, 0.29) is 17.0 Å². The second-order valence-corrected chi connectivity index (χ2v) is 5.71. The van der Waals surface area contributed by atoms with Crippen LogP contribution in [0, 0.1) is 0 Å². The summed E-state index contributed by atoms with van der Waals surface area (Å²) in [6.07, 6.45) is 4.26. The zero-order chi connectivity index (χ0) is 9.28. The minimum atomic E-state index is -3.13. The molecular formula is C6H19BrO3P2. The second kappa shape index (κ2) is 14.6. The van der Waals surface area contributed by atoms with E-state index in [1.807, 2.05) is 0 Å². The smallest absolute Gasteiger partial charge is 0.314 e. The van der Waals surface area contributed by atoms with Gasteiger partial charge in [-0.25, -0.2) is 0 Å². The molecule has 0 bridgehead atoms. The third-order valence-electron chi connectivity index (χ3n) is 1.34. The Balaban J connectivity index is -0.000000142. The molecule has 0 heterocycles. The molecule has 0 aliphatic heterocycles. The van der Waals surface area contributed by atoms with Crippen LogP contribution in [0.3, 0.4) is 0 Å². The second-order valence-electron chi connectivity index (χ2n) is 1.90. The molecule has 2 N–H and O–H groups in total. The monoisotopic (exact) mass is 280 g/mol. The van der Waals surface area contributed by atoms with Gasteiger partial charge in [-0.1, -0.05) is 20.8 Å². The first-order valence-electron chi connectivity index (χ1n) is 3.72. The SMILES string of the molecule is Br.CCP(CC)CC.O=[PH](O)O. The van der Waals surface area contributed by atoms with E-state index >= 15 is 0 Å². The lowest BCUT2D eigenvalue weighted by molar-refractivity contribution is 0.405. The summed E-state index contributed by atoms with van der Waals surface area (Å²) in [5, 5.41) is 0. The number of hydrogen-bond acceptors (Lipinski definition) is 1. The maximum atomic E-state index is 8.74. The molecule has 0 spiro atoms. The molecular weight excluding hydrogens is 262 g/mol. The normalized spacial score (nSPS) is 8.92. The van der Waals surface area contributed by atoms with Gasteiger partial charge < -0.3 is 9.79 Å². The first kappa shape index (κ1) is 18.8. The van der Waals surface area contributed by atoms with Gasteiger partial charge in [-0.15, -0.1) is 24.9 Å². The minimum absolute atomic E-state index is 0. The van der Waals surface area contributed by atoms with Crippen LogP contribution in [0.15, 0.2) is 0 Å². The fourth-order valence-corrected chi connectivity index (χ4v) is 2.01. The van der Waals surface area contributed by atoms with Crippen LogP contribution in [-0.2, 0) is 4.57 Å². The van der Waals surface area contributed by atoms with E-state index in [0.717, 1.165) is 0 Å². The highest BCUT2D eigenvalue weighted by molar-refractivity contribution is 8.93. The quantitative estimate of drug-likeness (QED) is 0.781. The maximum absolute atomic E-state index is 8.74. The van der Waals surface area contributed by atoms with Crippen LogP contribution >= 0.6 is 33.2 Å². The van der Waals surface area contributed by atoms with Gasteiger partial charge in [0.1, 0.15) is 0 Å². The number of rotatable bonds is 3. The highest BCUT2D eigenvalue weighted by Crippen LogP contribution is 2.32. The van der Waals surface area contributed by atoms with E-state index in [1.54, 1.807) is 0 Å². The first-order valence-corrected chi connectivity index (χ1v) is 6.92. The first-order chi connectivity index (χ1) is 5.08. The summed E-state index contributed by atoms with van der Waals surface area (Å²) in [4.78, 5) is 14.3. The summed E-state index contributed by atoms with van der Waals surface area (Å²) in [5.41, 5.74) is 0. The molecule has 0 unspecified atom stereocenters. The van der Waals surface area contributed by atoms with E-state index in [4.69, 9.17) is 14.4 Å². The summed E-state index contributed by atoms with van der Waals surface area (Å²) >= 11 is 0. The van der Waals surface area contributed by atoms with Gasteiger partial charge in [-0.2, -0.15) is 0 Å². The molecule has 78 valence electrons. The highest BCUT2D eigenvalue weighted by atomic mass is 79.9. The fourth-order valence-electron chi connectivity index (χ4n) is 0.671. The molecule has 6 heteroatoms. The highest BCUT2D eigenvalue weighted by Gasteiger charge is 1.94. The van der Waals surface area contributed by atoms with Crippen molar-refractivity contribution < 1.29 is 14.4 Å². The van der Waals surface area contributed by atoms with Crippen molar-refractivity contribution in [2.24, 2.45) is 0 Å². The molecule has 0 aliphatic carbocycles. The predicted molar refractivity (Wildman–Crippen MR) is 62.3 cm³/mol. The zero-order valence-corrected chi connectivity index (χ0v) is 11.4. The van der Waals surface area contributed by atoms with Gasteiger partial charge in [0.25, 0.3) is 0 Å². The summed E-state index contributed by atoms with van der Waals surface area (Å²) in [6.45, 7) is 6.87. The van der Waals surface area contributed by atoms with E-state index < -0.39 is 8.25 Å². The topological polar surface area (TPSA) is 57.5 Å². The van der Waals surface area contributed by atoms with Crippen LogP contribution in [0.1, 0.15) is 20.8 Å². The molecule has 0 saturated carbocycles. The van der Waals surface area contributed by atoms with Crippen molar-refractivity contribution in [2.45, 2.75) is 20.8 Å². The van der Waals surface area contributed by atoms with E-state index in [2.05, 4.69) is 20.8 Å². The van der Waals surface area contributed by atoms with Crippen molar-refractivity contribution in [3.8, 4) is 0 Å². The van der Waals surface area contributed by atoms with E-state index in [0.29, 0.717) is 7.92 Å². The molecule has 0 fully saturated rings. The fraction of sp³-hybridized carbons (Fsp3) is 1.00. The van der Waals surface area contributed by atoms with Crippen LogP contribution in [0.4, 0.5) is 0 Å². The molecule has 0 atom stereocenters. The molecule has 12 heavy (non-hydrogen) atoms. The van der Waals surface area contributed by atoms with Crippen molar-refractivity contribution in [3.05, 3.63) is 0 Å². The largest absolute Gasteiger partial charge is 0.326 e. The molecule has 0 rings (SSSR count). The maximum Gasteiger partial charge on any atom is 0.314 e. The van der Waals surface area contributed by atoms with Crippen LogP contribution in [-0.4, -0.2) is 28.3 Å². The van der Waals surface area contributed by atoms with Crippen molar-refractivity contribution in [1.29, 1.82) is 0 Å². The van der Waals surface area contributed by atoms with Crippen LogP contribution in [0.5, 0.6) is 0 Å². The van der Waals surface area contributed by atoms with Crippen LogP contribution in [0.2, 0.25) is 0 Å². The predicted octanol–water partition coefficient (Wildman–Crippen LogP) is 2.47. The third kappa shape index (κ3) is 22.5. The average Bonchev–Trinajstić information content (AvgIpc) is 1.90. The van der Waals surface area contributed by atoms with Gasteiger partial charge in [-0.3, -0.25) is 4.57 Å². The molecule has 0 amide bonds. The van der Waals surface area contributed by atoms with Crippen molar-refractivity contribution >= 4 is 33.2 Å². The minimum Gasteiger partial charge on any atom is -0.326 e. The third-order valence-corrected chi connectivity index (χ3v) is 4.02. The van der Waals surface area contributed by atoms with Crippen molar-refractivity contribution in [3.63, 3.8) is 0 Å². The Labute approximate surface area is 87.0 Å². The van der Waals surface area contributed by atoms with Crippen LogP contribution in [0.25, 0.3) is 0 Å². The van der Waals surface area contributed by atoms with E-state index in [9.17, 15) is 0 Å². The summed E-state index contributed by atoms with van der Waals surface area (Å²) in [6, 6.07) is 0. The summed E-state index contributed by atoms with van der Waals surface area (Å²) < 4.78 is 8.74. The lowest BCUT2D eigenvalue weighted by atomic mass is 10.9. The van der Waals surface area contributed by atoms with Crippen LogP contribution < -0.4 is 0 Å². The Hall–Kier alpha value is 1.06. The lowest BCUT2D eigenvalue weighted by Crippen LogP contribution is -1.83. The van der Waals surface area contributed by atoms with Gasteiger partial charge >= 0.3 is 8.25 Å². The molecule has 0 radical (unpaired) electrons. The van der Waals surface area contributed by atoms with Crippen molar-refractivity contribution in [1.82, 2.24) is 0 Å². The lowest BCUT2D eigenvalue weighted by Gasteiger charge is -2.07. The Bertz CT molecular complexity index is 89.3. The van der Waals surface area contributed by atoms with Gasteiger partial charge in [0.05, 0.1) is 0 Å². The number of hydrogen-bond donors (Lipinski definition) is 2. The van der Waals surface area contributed by atoms with E-state index in [1.165, 1.54) is 18.5 Å². The molecule has 0 aromatic carbocycles. The van der Waals surface area contributed by atoms with Gasteiger partial charge in [0.15, 0.2) is 0 Å². The van der Waals surface area contributed by atoms with Gasteiger partial charge in [0, 0.05) is 0 Å². The van der Waals surface area contributed by atoms with Gasteiger partial charge in [-0.05, 0) is 18.5 Å².